The van der Waals surface area contributed by atoms with Crippen LogP contribution in [-0.2, 0) is 4.79 Å². The molecule has 0 bridgehead atoms. The quantitative estimate of drug-likeness (QED) is 0.831. The van der Waals surface area contributed by atoms with Crippen molar-refractivity contribution in [3.63, 3.8) is 0 Å². The molecule has 1 heterocycles. The zero-order valence-corrected chi connectivity index (χ0v) is 10.1. The van der Waals surface area contributed by atoms with Gasteiger partial charge in [-0.1, -0.05) is 37.9 Å². The molecule has 0 radical (unpaired) electrons. The van der Waals surface area contributed by atoms with Crippen molar-refractivity contribution in [1.29, 1.82) is 0 Å². The van der Waals surface area contributed by atoms with Crippen LogP contribution in [0.25, 0.3) is 0 Å². The Morgan fingerprint density at radius 2 is 2.25 bits per heavy atom. The minimum atomic E-state index is -0.197. The maximum Gasteiger partial charge on any atom is 0.247 e. The highest BCUT2D eigenvalue weighted by Gasteiger charge is 2.29. The SMILES string of the molecule is CCC(C)C1Nc2c(Cl)cccc2NC1=O. The summed E-state index contributed by atoms with van der Waals surface area (Å²) in [5, 5.41) is 6.75. The molecule has 4 heteroatoms. The van der Waals surface area contributed by atoms with Crippen LogP contribution >= 0.6 is 11.6 Å². The lowest BCUT2D eigenvalue weighted by Crippen LogP contribution is -2.43. The minimum Gasteiger partial charge on any atom is -0.371 e. The number of carbonyl (C=O) groups is 1. The molecule has 0 spiro atoms. The van der Waals surface area contributed by atoms with E-state index in [2.05, 4.69) is 24.5 Å². The molecule has 1 aromatic rings. The molecule has 0 aliphatic carbocycles. The van der Waals surface area contributed by atoms with Crippen LogP contribution < -0.4 is 10.6 Å². The van der Waals surface area contributed by atoms with Gasteiger partial charge in [-0.2, -0.15) is 0 Å². The zero-order valence-electron chi connectivity index (χ0n) is 9.38. The lowest BCUT2D eigenvalue weighted by atomic mass is 9.96. The molecule has 2 rings (SSSR count). The lowest BCUT2D eigenvalue weighted by molar-refractivity contribution is -0.118. The summed E-state index contributed by atoms with van der Waals surface area (Å²) in [6.45, 7) is 4.13. The molecule has 3 nitrogen and oxygen atoms in total. The maximum atomic E-state index is 11.9. The fraction of sp³-hybridized carbons (Fsp3) is 0.417. The number of benzene rings is 1. The number of anilines is 2. The monoisotopic (exact) mass is 238 g/mol. The summed E-state index contributed by atoms with van der Waals surface area (Å²) >= 11 is 6.09. The summed E-state index contributed by atoms with van der Waals surface area (Å²) in [5.41, 5.74) is 1.59. The second-order valence-corrected chi connectivity index (χ2v) is 4.57. The molecular weight excluding hydrogens is 224 g/mol. The third-order valence-electron chi connectivity index (χ3n) is 3.07. The van der Waals surface area contributed by atoms with Gasteiger partial charge in [-0.05, 0) is 18.1 Å². The first-order valence-electron chi connectivity index (χ1n) is 5.49. The summed E-state index contributed by atoms with van der Waals surface area (Å²) in [6.07, 6.45) is 0.949. The number of hydrogen-bond acceptors (Lipinski definition) is 2. The Morgan fingerprint density at radius 3 is 2.94 bits per heavy atom. The maximum absolute atomic E-state index is 11.9. The number of hydrogen-bond donors (Lipinski definition) is 2. The molecule has 0 saturated heterocycles. The molecule has 0 aromatic heterocycles. The zero-order chi connectivity index (χ0) is 11.7. The first kappa shape index (κ1) is 11.3. The number of amides is 1. The predicted octanol–water partition coefficient (Wildman–Crippen LogP) is 3.12. The van der Waals surface area contributed by atoms with Crippen molar-refractivity contribution in [2.45, 2.75) is 26.3 Å². The average Bonchev–Trinajstić information content (AvgIpc) is 2.28. The first-order valence-corrected chi connectivity index (χ1v) is 5.87. The molecule has 2 unspecified atom stereocenters. The van der Waals surface area contributed by atoms with Crippen molar-refractivity contribution < 1.29 is 4.79 Å². The summed E-state index contributed by atoms with van der Waals surface area (Å²) in [7, 11) is 0. The van der Waals surface area contributed by atoms with E-state index in [4.69, 9.17) is 11.6 Å². The Morgan fingerprint density at radius 1 is 1.50 bits per heavy atom. The van der Waals surface area contributed by atoms with Gasteiger partial charge in [-0.25, -0.2) is 0 Å². The van der Waals surface area contributed by atoms with Crippen molar-refractivity contribution in [2.24, 2.45) is 5.92 Å². The van der Waals surface area contributed by atoms with Crippen LogP contribution in [0.5, 0.6) is 0 Å². The van der Waals surface area contributed by atoms with E-state index in [1.54, 1.807) is 0 Å². The van der Waals surface area contributed by atoms with Gasteiger partial charge in [0.25, 0.3) is 0 Å². The lowest BCUT2D eigenvalue weighted by Gasteiger charge is -2.30. The molecular formula is C12H15ClN2O. The highest BCUT2D eigenvalue weighted by molar-refractivity contribution is 6.34. The van der Waals surface area contributed by atoms with E-state index in [0.29, 0.717) is 5.02 Å². The average molecular weight is 239 g/mol. The number of para-hydroxylation sites is 1. The van der Waals surface area contributed by atoms with Gasteiger partial charge in [0.1, 0.15) is 6.04 Å². The fourth-order valence-corrected chi connectivity index (χ4v) is 2.07. The smallest absolute Gasteiger partial charge is 0.247 e. The van der Waals surface area contributed by atoms with Crippen LogP contribution in [0.2, 0.25) is 5.02 Å². The molecule has 86 valence electrons. The largest absolute Gasteiger partial charge is 0.371 e. The number of rotatable bonds is 2. The molecule has 16 heavy (non-hydrogen) atoms. The van der Waals surface area contributed by atoms with Crippen molar-refractivity contribution in [3.05, 3.63) is 23.2 Å². The topological polar surface area (TPSA) is 41.1 Å². The molecule has 1 aromatic carbocycles. The van der Waals surface area contributed by atoms with Crippen LogP contribution in [0.4, 0.5) is 11.4 Å². The van der Waals surface area contributed by atoms with Crippen molar-refractivity contribution in [1.82, 2.24) is 0 Å². The Labute approximate surface area is 100 Å². The van der Waals surface area contributed by atoms with Crippen LogP contribution in [0, 0.1) is 5.92 Å². The van der Waals surface area contributed by atoms with E-state index in [1.807, 2.05) is 18.2 Å². The highest BCUT2D eigenvalue weighted by atomic mass is 35.5. The van der Waals surface area contributed by atoms with Gasteiger partial charge in [0.15, 0.2) is 0 Å². The van der Waals surface area contributed by atoms with Crippen LogP contribution in [0.15, 0.2) is 18.2 Å². The van der Waals surface area contributed by atoms with Gasteiger partial charge in [0, 0.05) is 0 Å². The Kier molecular flexibility index (Phi) is 3.06. The van der Waals surface area contributed by atoms with E-state index >= 15 is 0 Å². The number of carbonyl (C=O) groups excluding carboxylic acids is 1. The van der Waals surface area contributed by atoms with Crippen molar-refractivity contribution >= 4 is 28.9 Å². The molecule has 1 amide bonds. The van der Waals surface area contributed by atoms with Crippen LogP contribution in [0.1, 0.15) is 20.3 Å². The second kappa shape index (κ2) is 4.34. The van der Waals surface area contributed by atoms with E-state index < -0.39 is 0 Å². The molecule has 2 N–H and O–H groups in total. The number of halogens is 1. The third kappa shape index (κ3) is 1.87. The molecule has 1 aliphatic rings. The third-order valence-corrected chi connectivity index (χ3v) is 3.38. The summed E-state index contributed by atoms with van der Waals surface area (Å²) in [5.74, 6) is 0.300. The van der Waals surface area contributed by atoms with E-state index in [-0.39, 0.29) is 17.9 Å². The normalized spacial score (nSPS) is 20.7. The predicted molar refractivity (Wildman–Crippen MR) is 66.9 cm³/mol. The highest BCUT2D eigenvalue weighted by Crippen LogP contribution is 2.35. The van der Waals surface area contributed by atoms with E-state index in [1.165, 1.54) is 0 Å². The first-order chi connectivity index (χ1) is 7.63. The minimum absolute atomic E-state index is 0.0177. The molecule has 1 aliphatic heterocycles. The van der Waals surface area contributed by atoms with Crippen molar-refractivity contribution in [2.75, 3.05) is 10.6 Å². The van der Waals surface area contributed by atoms with E-state index in [0.717, 1.165) is 17.8 Å². The summed E-state index contributed by atoms with van der Waals surface area (Å²) < 4.78 is 0. The van der Waals surface area contributed by atoms with Gasteiger partial charge in [0.05, 0.1) is 16.4 Å². The van der Waals surface area contributed by atoms with E-state index in [9.17, 15) is 4.79 Å². The fourth-order valence-electron chi connectivity index (χ4n) is 1.84. The molecule has 2 atom stereocenters. The van der Waals surface area contributed by atoms with Gasteiger partial charge >= 0.3 is 0 Å². The van der Waals surface area contributed by atoms with Gasteiger partial charge in [0.2, 0.25) is 5.91 Å². The summed E-state index contributed by atoms with van der Waals surface area (Å²) in [6, 6.07) is 5.29. The van der Waals surface area contributed by atoms with Gasteiger partial charge < -0.3 is 10.6 Å². The van der Waals surface area contributed by atoms with Gasteiger partial charge in [-0.3, -0.25) is 4.79 Å². The molecule has 0 saturated carbocycles. The standard InChI is InChI=1S/C12H15ClN2O/c1-3-7(2)10-12(16)14-9-6-4-5-8(13)11(9)15-10/h4-7,10,15H,3H2,1-2H3,(H,14,16). The Hall–Kier alpha value is -1.22. The number of fused-ring (bicyclic) bond motifs is 1. The van der Waals surface area contributed by atoms with Crippen LogP contribution in [0.3, 0.4) is 0 Å². The van der Waals surface area contributed by atoms with Crippen LogP contribution in [-0.4, -0.2) is 11.9 Å². The number of nitrogens with one attached hydrogen (secondary N) is 2. The molecule has 0 fully saturated rings. The Balaban J connectivity index is 2.33. The second-order valence-electron chi connectivity index (χ2n) is 4.16. The van der Waals surface area contributed by atoms with Gasteiger partial charge in [-0.15, -0.1) is 0 Å². The summed E-state index contributed by atoms with van der Waals surface area (Å²) in [4.78, 5) is 11.9. The van der Waals surface area contributed by atoms with Crippen molar-refractivity contribution in [3.8, 4) is 0 Å². The Bertz CT molecular complexity index is 419.